The molecule has 0 aromatic heterocycles. The molecule has 0 spiro atoms. The predicted molar refractivity (Wildman–Crippen MR) is 312 cm³/mol. The molecule has 32 nitrogen and oxygen atoms in total. The van der Waals surface area contributed by atoms with E-state index in [0.717, 1.165) is 5.57 Å². The second kappa shape index (κ2) is 29.3. The Labute approximate surface area is 544 Å². The number of hydrogen-bond acceptors (Lipinski definition) is 31. The maximum atomic E-state index is 13.3. The van der Waals surface area contributed by atoms with Gasteiger partial charge in [0.05, 0.1) is 55.9 Å². The van der Waals surface area contributed by atoms with Crippen LogP contribution < -0.4 is 0 Å². The van der Waals surface area contributed by atoms with Gasteiger partial charge >= 0.3 is 10.4 Å². The third-order valence-corrected chi connectivity index (χ3v) is 22.6. The molecular weight excluding hydrogens is 1280 g/mol. The van der Waals surface area contributed by atoms with Gasteiger partial charge < -0.3 is 133 Å². The number of hydrogen-bond donors (Lipinski definition) is 16. The van der Waals surface area contributed by atoms with Gasteiger partial charge in [-0.15, -0.1) is 0 Å². The highest BCUT2D eigenvalue weighted by Crippen LogP contribution is 2.67. The number of aliphatic hydroxyl groups is 15. The lowest BCUT2D eigenvalue weighted by molar-refractivity contribution is -0.400. The molecule has 9 fully saturated rings. The van der Waals surface area contributed by atoms with Gasteiger partial charge in [0.25, 0.3) is 0 Å². The van der Waals surface area contributed by atoms with Crippen LogP contribution in [0.2, 0.25) is 0 Å². The minimum absolute atomic E-state index is 0.00309. The molecular formula is C61H100O32S. The standard InChI is InChI=1S/C61H100O32S/c1-22(2)15-26(64)18-61(8,77)36-10-9-29-28-17-32(31-16-27(93-94(78,79)80)11-13-59(31,6)30(28)12-14-60(29,36)7)85-56-48(76)50(38(66)24(4)83-56)90-57-51(91-53-46(74)42(70)37(65)23(3)82-53)41(69)35(21-81-57)88-58-52(43(71)39(67)33(19-62)87-58)92-54-47(75)44(72)49(25(5)84-54)89-55-45(73)40(68)34(20-63)86-55/h12,22-25,27-29,31-58,62-63,65-77H,9-11,13-21H2,1-8H3,(H,78,79,80)/t23?,24?,25?,27?,28?,29?,31?,32?,33?,34-,35+,36?,37+,38+,39+,40?,41?,42?,43?,44?,45?,46?,47?,48?,49-,50?,51?,52?,53-,54-,55-,56?,57?,58-,59+,60-,61?/m0/s1. The van der Waals surface area contributed by atoms with Gasteiger partial charge in [-0.05, 0) is 113 Å². The summed E-state index contributed by atoms with van der Waals surface area (Å²) in [5.74, 6) is -0.902. The predicted octanol–water partition coefficient (Wildman–Crippen LogP) is -4.21. The number of aliphatic hydroxyl groups excluding tert-OH is 14. The number of rotatable bonds is 21. The van der Waals surface area contributed by atoms with E-state index >= 15 is 0 Å². The van der Waals surface area contributed by atoms with Crippen molar-refractivity contribution in [3.63, 3.8) is 0 Å². The number of carbonyl (C=O) groups excluding carboxylic acids is 1. The second-order valence-electron chi connectivity index (χ2n) is 29.0. The number of ketones is 1. The van der Waals surface area contributed by atoms with Gasteiger partial charge in [-0.2, -0.15) is 8.42 Å². The first-order chi connectivity index (χ1) is 44.0. The van der Waals surface area contributed by atoms with Crippen LogP contribution in [0.5, 0.6) is 0 Å². The Bertz CT molecular complexity index is 2700. The molecule has 3 saturated carbocycles. The zero-order valence-corrected chi connectivity index (χ0v) is 54.7. The molecule has 25 unspecified atom stereocenters. The monoisotopic (exact) mass is 1380 g/mol. The fourth-order valence-corrected chi connectivity index (χ4v) is 17.6. The molecule has 16 N–H and O–H groups in total. The number of fused-ring (bicyclic) bond motifs is 5. The highest BCUT2D eigenvalue weighted by Gasteiger charge is 2.64. The fraction of sp³-hybridized carbons (Fsp3) is 0.951. The molecule has 0 aromatic carbocycles. The summed E-state index contributed by atoms with van der Waals surface area (Å²) in [5.41, 5.74) is -1.33. The highest BCUT2D eigenvalue weighted by molar-refractivity contribution is 7.80. The Kier molecular flexibility index (Phi) is 23.3. The van der Waals surface area contributed by atoms with Gasteiger partial charge in [0.2, 0.25) is 0 Å². The van der Waals surface area contributed by atoms with E-state index in [1.165, 1.54) is 20.8 Å². The first-order valence-corrected chi connectivity index (χ1v) is 34.2. The summed E-state index contributed by atoms with van der Waals surface area (Å²) in [6.07, 6.45) is -44.7. The lowest BCUT2D eigenvalue weighted by Gasteiger charge is -2.60. The summed E-state index contributed by atoms with van der Waals surface area (Å²) in [4.78, 5) is 13.3. The molecule has 0 bridgehead atoms. The first-order valence-electron chi connectivity index (χ1n) is 32.8. The average Bonchev–Trinajstić information content (AvgIpc) is 1.28. The largest absolute Gasteiger partial charge is 0.397 e. The fourth-order valence-electron chi connectivity index (χ4n) is 17.1. The van der Waals surface area contributed by atoms with Gasteiger partial charge in [0.1, 0.15) is 122 Å². The summed E-state index contributed by atoms with van der Waals surface area (Å²) < 4.78 is 112. The molecule has 0 radical (unpaired) electrons. The molecule has 0 amide bonds. The topological polar surface area (TPSA) is 495 Å². The summed E-state index contributed by atoms with van der Waals surface area (Å²) in [5, 5.41) is 168. The molecule has 6 saturated heterocycles. The van der Waals surface area contributed by atoms with Crippen LogP contribution in [0.25, 0.3) is 0 Å². The van der Waals surface area contributed by atoms with Crippen LogP contribution in [0, 0.1) is 40.4 Å². The smallest absolute Gasteiger partial charge is 0.394 e. The zero-order chi connectivity index (χ0) is 68.7. The average molecular weight is 1380 g/mol. The highest BCUT2D eigenvalue weighted by atomic mass is 32.3. The number of carbonyl (C=O) groups is 1. The Hall–Kier alpha value is -1.80. The van der Waals surface area contributed by atoms with Gasteiger partial charge in [0, 0.05) is 12.8 Å². The van der Waals surface area contributed by atoms with Crippen LogP contribution in [0.1, 0.15) is 113 Å². The Balaban J connectivity index is 0.894. The van der Waals surface area contributed by atoms with Crippen molar-refractivity contribution in [2.45, 2.75) is 303 Å². The molecule has 10 rings (SSSR count). The molecule has 33 heteroatoms. The molecule has 37 atom stereocenters. The van der Waals surface area contributed by atoms with E-state index in [2.05, 4.69) is 19.9 Å². The quantitative estimate of drug-likeness (QED) is 0.0383. The summed E-state index contributed by atoms with van der Waals surface area (Å²) in [7, 11) is -4.91. The van der Waals surface area contributed by atoms with Crippen molar-refractivity contribution in [3.05, 3.63) is 11.6 Å². The maximum absolute atomic E-state index is 13.3. The SMILES string of the molecule is CC(C)CC(=O)CC(C)(O)C1CCC2C3CC(OC4OC(C)[C@@H](O)C(OC5OC[C@@H](O[C@@H]6OC(CO)[C@@H](O)C(O)C6O[C@@H]6OC(C)[C@H](O[C@@H]7O[C@@H](CO)C(O)C7O)C(O)C6O)C(O)C5O[C@@H]5OC(C)[C@@H](O)C(O)C5O)C4O)C4CC(OS(=O)(=O)O)CC[C@]4(C)C3=CC[C@@]21C. The third kappa shape index (κ3) is 14.8. The second-order valence-corrected chi connectivity index (χ2v) is 30.0. The molecule has 6 heterocycles. The van der Waals surface area contributed by atoms with E-state index in [-0.39, 0.29) is 48.7 Å². The summed E-state index contributed by atoms with van der Waals surface area (Å²) in [6, 6.07) is 0. The van der Waals surface area contributed by atoms with Gasteiger partial charge in [-0.1, -0.05) is 39.3 Å². The van der Waals surface area contributed by atoms with Crippen molar-refractivity contribution in [3.8, 4) is 0 Å². The first kappa shape index (κ1) is 74.9. The minimum Gasteiger partial charge on any atom is -0.394 e. The molecule has 94 heavy (non-hydrogen) atoms. The van der Waals surface area contributed by atoms with Crippen molar-refractivity contribution >= 4 is 16.2 Å². The van der Waals surface area contributed by atoms with E-state index in [4.69, 9.17) is 61.0 Å². The zero-order valence-electron chi connectivity index (χ0n) is 53.9. The Morgan fingerprint density at radius 2 is 1.11 bits per heavy atom. The Morgan fingerprint density at radius 3 is 1.73 bits per heavy atom. The van der Waals surface area contributed by atoms with E-state index in [1.54, 1.807) is 6.92 Å². The lowest BCUT2D eigenvalue weighted by atomic mass is 9.47. The number of Topliss-reactive ketones (excluding diaryl/α,β-unsaturated/α-hetero) is 1. The minimum atomic E-state index is -4.91. The van der Waals surface area contributed by atoms with Crippen LogP contribution in [0.15, 0.2) is 11.6 Å². The number of allylic oxidation sites excluding steroid dienone is 2. The van der Waals surface area contributed by atoms with Gasteiger partial charge in [0.15, 0.2) is 37.7 Å². The van der Waals surface area contributed by atoms with Crippen LogP contribution in [-0.2, 0) is 76.2 Å². The molecule has 6 aliphatic heterocycles. The number of ether oxygens (including phenoxy) is 12. The van der Waals surface area contributed by atoms with Gasteiger partial charge in [-0.25, -0.2) is 4.18 Å². The molecule has 4 aliphatic carbocycles. The summed E-state index contributed by atoms with van der Waals surface area (Å²) in [6.45, 7) is 11.7. The summed E-state index contributed by atoms with van der Waals surface area (Å²) >= 11 is 0. The molecule has 542 valence electrons. The van der Waals surface area contributed by atoms with E-state index < -0.39 is 237 Å². The van der Waals surface area contributed by atoms with E-state index in [9.17, 15) is 94.4 Å². The normalized spacial score (nSPS) is 51.5. The molecule has 0 aromatic rings. The van der Waals surface area contributed by atoms with Crippen LogP contribution in [0.3, 0.4) is 0 Å². The third-order valence-electron chi connectivity index (χ3n) is 22.1. The van der Waals surface area contributed by atoms with Crippen molar-refractivity contribution in [2.24, 2.45) is 40.4 Å². The van der Waals surface area contributed by atoms with E-state index in [1.807, 2.05) is 13.8 Å². The van der Waals surface area contributed by atoms with Crippen molar-refractivity contribution in [1.82, 2.24) is 0 Å². The van der Waals surface area contributed by atoms with Crippen molar-refractivity contribution < 1.29 is 155 Å². The van der Waals surface area contributed by atoms with Gasteiger partial charge in [-0.3, -0.25) is 9.35 Å². The Morgan fingerprint density at radius 1 is 0.585 bits per heavy atom. The van der Waals surface area contributed by atoms with Crippen LogP contribution >= 0.6 is 0 Å². The van der Waals surface area contributed by atoms with Crippen molar-refractivity contribution in [1.29, 1.82) is 0 Å². The van der Waals surface area contributed by atoms with Crippen LogP contribution in [0.4, 0.5) is 0 Å². The molecule has 10 aliphatic rings. The lowest BCUT2D eigenvalue weighted by Crippen LogP contribution is -2.67. The van der Waals surface area contributed by atoms with Crippen molar-refractivity contribution in [2.75, 3.05) is 19.8 Å². The maximum Gasteiger partial charge on any atom is 0.397 e. The van der Waals surface area contributed by atoms with E-state index in [0.29, 0.717) is 38.5 Å². The van der Waals surface area contributed by atoms with Crippen LogP contribution in [-0.4, -0.2) is 305 Å².